The van der Waals surface area contributed by atoms with Crippen LogP contribution in [0.15, 0.2) is 30.5 Å². The van der Waals surface area contributed by atoms with Gasteiger partial charge in [-0.25, -0.2) is 9.97 Å². The van der Waals surface area contributed by atoms with Gasteiger partial charge in [-0.15, -0.1) is 0 Å². The van der Waals surface area contributed by atoms with Gasteiger partial charge in [-0.1, -0.05) is 6.07 Å². The number of rotatable bonds is 2. The van der Waals surface area contributed by atoms with Crippen molar-refractivity contribution in [2.24, 2.45) is 0 Å². The summed E-state index contributed by atoms with van der Waals surface area (Å²) in [5.41, 5.74) is 4.81. The third-order valence-electron chi connectivity index (χ3n) is 4.40. The molecule has 0 unspecified atom stereocenters. The molecule has 0 aliphatic heterocycles. The van der Waals surface area contributed by atoms with Crippen molar-refractivity contribution in [3.8, 4) is 0 Å². The zero-order valence-electron chi connectivity index (χ0n) is 13.3. The van der Waals surface area contributed by atoms with Gasteiger partial charge < -0.3 is 5.32 Å². The third kappa shape index (κ3) is 2.38. The van der Waals surface area contributed by atoms with Gasteiger partial charge in [0.1, 0.15) is 11.6 Å². The van der Waals surface area contributed by atoms with Gasteiger partial charge in [-0.05, 0) is 62.4 Å². The Hall–Kier alpha value is -2.69. The van der Waals surface area contributed by atoms with Crippen LogP contribution in [-0.2, 0) is 12.8 Å². The SMILES string of the molecule is Cc1nc(C)n2ccc(C(=O)Nc3ccc4c(c3)CCC4)c2n1. The number of nitrogens with one attached hydrogen (secondary N) is 1. The van der Waals surface area contributed by atoms with Crippen LogP contribution in [0.2, 0.25) is 0 Å². The number of carbonyl (C=O) groups is 1. The second kappa shape index (κ2) is 5.19. The van der Waals surface area contributed by atoms with Crippen molar-refractivity contribution in [1.82, 2.24) is 14.4 Å². The number of anilines is 1. The fourth-order valence-electron chi connectivity index (χ4n) is 3.29. The summed E-state index contributed by atoms with van der Waals surface area (Å²) in [7, 11) is 0. The van der Waals surface area contributed by atoms with E-state index in [1.807, 2.05) is 30.5 Å². The predicted octanol–water partition coefficient (Wildman–Crippen LogP) is 3.09. The van der Waals surface area contributed by atoms with Gasteiger partial charge in [0.05, 0.1) is 5.56 Å². The van der Waals surface area contributed by atoms with E-state index in [0.717, 1.165) is 24.4 Å². The number of amides is 1. The van der Waals surface area contributed by atoms with Gasteiger partial charge in [0.2, 0.25) is 0 Å². The Morgan fingerprint density at radius 2 is 1.96 bits per heavy atom. The van der Waals surface area contributed by atoms with Crippen LogP contribution in [0.5, 0.6) is 0 Å². The first-order valence-electron chi connectivity index (χ1n) is 7.87. The molecule has 5 heteroatoms. The van der Waals surface area contributed by atoms with Gasteiger partial charge in [0.15, 0.2) is 5.65 Å². The fraction of sp³-hybridized carbons (Fsp3) is 0.278. The minimum atomic E-state index is -0.136. The zero-order valence-corrected chi connectivity index (χ0v) is 13.3. The molecule has 0 bridgehead atoms. The van der Waals surface area contributed by atoms with Crippen LogP contribution >= 0.6 is 0 Å². The Labute approximate surface area is 134 Å². The molecule has 2 aromatic heterocycles. The van der Waals surface area contributed by atoms with E-state index in [0.29, 0.717) is 17.0 Å². The summed E-state index contributed by atoms with van der Waals surface area (Å²) in [6.07, 6.45) is 5.27. The van der Waals surface area contributed by atoms with E-state index in [1.54, 1.807) is 6.07 Å². The van der Waals surface area contributed by atoms with Crippen LogP contribution in [0, 0.1) is 13.8 Å². The minimum Gasteiger partial charge on any atom is -0.322 e. The average Bonchev–Trinajstić information content (AvgIpc) is 3.12. The van der Waals surface area contributed by atoms with Crippen molar-refractivity contribution in [2.45, 2.75) is 33.1 Å². The third-order valence-corrected chi connectivity index (χ3v) is 4.40. The Kier molecular flexibility index (Phi) is 3.15. The molecule has 2 heterocycles. The molecule has 0 saturated heterocycles. The highest BCUT2D eigenvalue weighted by Gasteiger charge is 2.16. The van der Waals surface area contributed by atoms with Crippen molar-refractivity contribution < 1.29 is 4.79 Å². The molecule has 23 heavy (non-hydrogen) atoms. The van der Waals surface area contributed by atoms with Crippen LogP contribution in [-0.4, -0.2) is 20.3 Å². The first-order chi connectivity index (χ1) is 11.1. The molecular weight excluding hydrogens is 288 g/mol. The van der Waals surface area contributed by atoms with E-state index < -0.39 is 0 Å². The van der Waals surface area contributed by atoms with Crippen molar-refractivity contribution in [3.63, 3.8) is 0 Å². The molecule has 0 radical (unpaired) electrons. The minimum absolute atomic E-state index is 0.136. The molecule has 1 aromatic carbocycles. The number of aryl methyl sites for hydroxylation is 4. The van der Waals surface area contributed by atoms with Crippen molar-refractivity contribution in [2.75, 3.05) is 5.32 Å². The van der Waals surface area contributed by atoms with Gasteiger partial charge in [-0.2, -0.15) is 0 Å². The van der Waals surface area contributed by atoms with Crippen molar-refractivity contribution in [1.29, 1.82) is 0 Å². The summed E-state index contributed by atoms with van der Waals surface area (Å²) in [6.45, 7) is 3.74. The summed E-state index contributed by atoms with van der Waals surface area (Å²) in [6, 6.07) is 7.97. The molecule has 5 nitrogen and oxygen atoms in total. The molecule has 116 valence electrons. The molecule has 1 N–H and O–H groups in total. The number of benzene rings is 1. The van der Waals surface area contributed by atoms with E-state index in [9.17, 15) is 4.79 Å². The number of aromatic nitrogens is 3. The zero-order chi connectivity index (χ0) is 16.0. The highest BCUT2D eigenvalue weighted by molar-refractivity contribution is 6.08. The van der Waals surface area contributed by atoms with Crippen LogP contribution in [0.4, 0.5) is 5.69 Å². The maximum absolute atomic E-state index is 12.6. The summed E-state index contributed by atoms with van der Waals surface area (Å²) in [4.78, 5) is 21.4. The molecule has 0 spiro atoms. The van der Waals surface area contributed by atoms with Crippen molar-refractivity contribution in [3.05, 3.63) is 58.8 Å². The molecule has 3 aromatic rings. The highest BCUT2D eigenvalue weighted by Crippen LogP contribution is 2.25. The lowest BCUT2D eigenvalue weighted by atomic mass is 10.1. The Bertz CT molecular complexity index is 926. The lowest BCUT2D eigenvalue weighted by Gasteiger charge is -2.07. The Morgan fingerprint density at radius 3 is 2.83 bits per heavy atom. The number of fused-ring (bicyclic) bond motifs is 2. The van der Waals surface area contributed by atoms with Crippen molar-refractivity contribution >= 4 is 17.2 Å². The monoisotopic (exact) mass is 306 g/mol. The van der Waals surface area contributed by atoms with Gasteiger partial charge in [0, 0.05) is 11.9 Å². The average molecular weight is 306 g/mol. The smallest absolute Gasteiger partial charge is 0.259 e. The van der Waals surface area contributed by atoms with Crippen LogP contribution in [0.1, 0.15) is 39.6 Å². The molecular formula is C18H18N4O. The second-order valence-electron chi connectivity index (χ2n) is 6.03. The quantitative estimate of drug-likeness (QED) is 0.791. The van der Waals surface area contributed by atoms with Crippen LogP contribution < -0.4 is 5.32 Å². The molecule has 0 fully saturated rings. The maximum Gasteiger partial charge on any atom is 0.259 e. The van der Waals surface area contributed by atoms with E-state index in [2.05, 4.69) is 27.4 Å². The molecule has 1 amide bonds. The maximum atomic E-state index is 12.6. The number of hydrogen-bond acceptors (Lipinski definition) is 3. The van der Waals surface area contributed by atoms with Crippen LogP contribution in [0.3, 0.4) is 0 Å². The van der Waals surface area contributed by atoms with E-state index in [1.165, 1.54) is 17.5 Å². The normalized spacial score (nSPS) is 13.3. The second-order valence-corrected chi connectivity index (χ2v) is 6.03. The largest absolute Gasteiger partial charge is 0.322 e. The Morgan fingerprint density at radius 1 is 1.13 bits per heavy atom. The summed E-state index contributed by atoms with van der Waals surface area (Å²) in [5.74, 6) is 1.35. The number of hydrogen-bond donors (Lipinski definition) is 1. The van der Waals surface area contributed by atoms with E-state index in [4.69, 9.17) is 0 Å². The lowest BCUT2D eigenvalue weighted by Crippen LogP contribution is -2.13. The highest BCUT2D eigenvalue weighted by atomic mass is 16.1. The fourth-order valence-corrected chi connectivity index (χ4v) is 3.29. The summed E-state index contributed by atoms with van der Waals surface area (Å²) >= 11 is 0. The first kappa shape index (κ1) is 13.9. The molecule has 0 saturated carbocycles. The van der Waals surface area contributed by atoms with Gasteiger partial charge in [-0.3, -0.25) is 9.20 Å². The lowest BCUT2D eigenvalue weighted by molar-refractivity contribution is 0.102. The number of carbonyl (C=O) groups excluding carboxylic acids is 1. The first-order valence-corrected chi connectivity index (χ1v) is 7.87. The van der Waals surface area contributed by atoms with E-state index in [-0.39, 0.29) is 5.91 Å². The topological polar surface area (TPSA) is 59.3 Å². The van der Waals surface area contributed by atoms with Crippen LogP contribution in [0.25, 0.3) is 5.65 Å². The summed E-state index contributed by atoms with van der Waals surface area (Å²) < 4.78 is 1.84. The molecule has 1 aliphatic carbocycles. The molecule has 0 atom stereocenters. The molecule has 4 rings (SSSR count). The van der Waals surface area contributed by atoms with Gasteiger partial charge in [0.25, 0.3) is 5.91 Å². The number of nitrogens with zero attached hydrogens (tertiary/aromatic N) is 3. The molecule has 1 aliphatic rings. The van der Waals surface area contributed by atoms with E-state index >= 15 is 0 Å². The summed E-state index contributed by atoms with van der Waals surface area (Å²) in [5, 5.41) is 2.99. The predicted molar refractivity (Wildman–Crippen MR) is 88.9 cm³/mol. The standard InChI is InChI=1S/C18H18N4O/c1-11-19-12(2)22-9-8-16(17(22)20-11)18(23)21-15-7-6-13-4-3-5-14(13)10-15/h6-10H,3-5H2,1-2H3,(H,21,23). The van der Waals surface area contributed by atoms with Gasteiger partial charge >= 0.3 is 0 Å². The Balaban J connectivity index is 1.67.